The van der Waals surface area contributed by atoms with Crippen molar-refractivity contribution in [1.82, 2.24) is 0 Å². The second-order valence-corrected chi connectivity index (χ2v) is 7.62. The van der Waals surface area contributed by atoms with Crippen LogP contribution in [0.1, 0.15) is 73.1 Å². The predicted molar refractivity (Wildman–Crippen MR) is 90.0 cm³/mol. The highest BCUT2D eigenvalue weighted by Crippen LogP contribution is 2.27. The van der Waals surface area contributed by atoms with Crippen LogP contribution in [0.2, 0.25) is 0 Å². The number of unbranched alkanes of at least 4 members (excludes halogenated alkanes) is 2. The lowest BCUT2D eigenvalue weighted by atomic mass is 9.84. The van der Waals surface area contributed by atoms with Crippen LogP contribution in [0.3, 0.4) is 0 Å². The molecule has 0 heterocycles. The summed E-state index contributed by atoms with van der Waals surface area (Å²) in [7, 11) is 0. The van der Waals surface area contributed by atoms with Gasteiger partial charge in [0.1, 0.15) is 5.94 Å². The molecule has 0 aromatic heterocycles. The summed E-state index contributed by atoms with van der Waals surface area (Å²) in [6, 6.07) is 0. The first-order valence-corrected chi connectivity index (χ1v) is 8.24. The molecule has 0 bridgehead atoms. The zero-order chi connectivity index (χ0) is 15.6. The minimum Gasteiger partial charge on any atom is -0.455 e. The molecule has 0 amide bonds. The van der Waals surface area contributed by atoms with Gasteiger partial charge in [-0.1, -0.05) is 59.6 Å². The number of carbonyl (C=O) groups excluding carboxylic acids is 1. The zero-order valence-electron chi connectivity index (χ0n) is 13.9. The molecule has 118 valence electrons. The fraction of sp³-hybridized carbons (Fsp3) is 0.824. The van der Waals surface area contributed by atoms with E-state index in [2.05, 4.69) is 59.4 Å². The van der Waals surface area contributed by atoms with Crippen LogP contribution in [0, 0.1) is 10.8 Å². The Labute approximate surface area is 130 Å². The quantitative estimate of drug-likeness (QED) is 0.203. The van der Waals surface area contributed by atoms with E-state index >= 15 is 0 Å². The summed E-state index contributed by atoms with van der Waals surface area (Å²) in [6.07, 6.45) is 10.6. The van der Waals surface area contributed by atoms with Crippen LogP contribution in [-0.4, -0.2) is 11.9 Å². The zero-order valence-corrected chi connectivity index (χ0v) is 14.8. The number of rotatable bonds is 9. The molecule has 0 aromatic rings. The summed E-state index contributed by atoms with van der Waals surface area (Å²) in [4.78, 5) is 11.2. The van der Waals surface area contributed by atoms with Crippen molar-refractivity contribution in [1.29, 1.82) is 0 Å². The minimum atomic E-state index is -0.135. The highest BCUT2D eigenvalue weighted by atomic mass is 32.1. The molecule has 0 atom stereocenters. The van der Waals surface area contributed by atoms with Crippen molar-refractivity contribution >= 4 is 18.6 Å². The summed E-state index contributed by atoms with van der Waals surface area (Å²) in [5, 5.41) is 0. The maximum absolute atomic E-state index is 11.2. The Morgan fingerprint density at radius 1 is 1.10 bits per heavy atom. The molecular weight excluding hydrogens is 268 g/mol. The lowest BCUT2D eigenvalue weighted by Gasteiger charge is -2.21. The molecule has 3 heteroatoms. The van der Waals surface area contributed by atoms with Gasteiger partial charge in [-0.05, 0) is 30.1 Å². The van der Waals surface area contributed by atoms with Crippen LogP contribution >= 0.6 is 12.6 Å². The van der Waals surface area contributed by atoms with E-state index in [9.17, 15) is 4.79 Å². The van der Waals surface area contributed by atoms with E-state index in [4.69, 9.17) is 4.74 Å². The van der Waals surface area contributed by atoms with E-state index in [0.29, 0.717) is 11.8 Å². The molecule has 0 radical (unpaired) electrons. The Hall–Kier alpha value is -0.440. The smallest absolute Gasteiger partial charge is 0.306 e. The number of carbonyl (C=O) groups is 1. The van der Waals surface area contributed by atoms with Crippen LogP contribution in [0.25, 0.3) is 0 Å². The highest BCUT2D eigenvalue weighted by molar-refractivity contribution is 7.80. The van der Waals surface area contributed by atoms with Crippen molar-refractivity contribution in [3.63, 3.8) is 0 Å². The first-order valence-electron chi connectivity index (χ1n) is 7.60. The molecule has 0 unspecified atom stereocenters. The summed E-state index contributed by atoms with van der Waals surface area (Å²) in [6.45, 7) is 11.3. The van der Waals surface area contributed by atoms with Gasteiger partial charge in [0.25, 0.3) is 0 Å². The molecule has 0 saturated carbocycles. The topological polar surface area (TPSA) is 26.3 Å². The average Bonchev–Trinajstić information content (AvgIpc) is 2.26. The van der Waals surface area contributed by atoms with Crippen molar-refractivity contribution in [3.05, 3.63) is 12.2 Å². The molecule has 0 N–H and O–H groups in total. The van der Waals surface area contributed by atoms with Crippen LogP contribution in [0.5, 0.6) is 0 Å². The Kier molecular flexibility index (Phi) is 9.28. The monoisotopic (exact) mass is 300 g/mol. The van der Waals surface area contributed by atoms with Crippen LogP contribution in [0.4, 0.5) is 0 Å². The molecule has 0 aliphatic rings. The van der Waals surface area contributed by atoms with E-state index < -0.39 is 0 Å². The van der Waals surface area contributed by atoms with Gasteiger partial charge < -0.3 is 4.74 Å². The highest BCUT2D eigenvalue weighted by Gasteiger charge is 2.14. The van der Waals surface area contributed by atoms with E-state index in [1.54, 1.807) is 0 Å². The Bertz CT molecular complexity index is 301. The second kappa shape index (κ2) is 9.49. The van der Waals surface area contributed by atoms with E-state index in [-0.39, 0.29) is 17.3 Å². The van der Waals surface area contributed by atoms with E-state index in [1.165, 1.54) is 0 Å². The largest absolute Gasteiger partial charge is 0.455 e. The van der Waals surface area contributed by atoms with Gasteiger partial charge in [0.05, 0.1) is 0 Å². The summed E-state index contributed by atoms with van der Waals surface area (Å²) >= 11 is 3.86. The summed E-state index contributed by atoms with van der Waals surface area (Å²) in [5.41, 5.74) is 0.608. The number of hydrogen-bond acceptors (Lipinski definition) is 3. The lowest BCUT2D eigenvalue weighted by molar-refractivity contribution is -0.141. The maximum Gasteiger partial charge on any atom is 0.306 e. The third-order valence-electron chi connectivity index (χ3n) is 3.23. The van der Waals surface area contributed by atoms with Gasteiger partial charge in [0.15, 0.2) is 0 Å². The molecular formula is C17H32O2S. The Morgan fingerprint density at radius 2 is 1.75 bits per heavy atom. The van der Waals surface area contributed by atoms with Crippen molar-refractivity contribution in [2.24, 2.45) is 10.8 Å². The molecule has 2 nitrogen and oxygen atoms in total. The average molecular weight is 301 g/mol. The molecule has 20 heavy (non-hydrogen) atoms. The third kappa shape index (κ3) is 12.6. The van der Waals surface area contributed by atoms with Crippen molar-refractivity contribution in [3.8, 4) is 0 Å². The minimum absolute atomic E-state index is 0.135. The number of thiol groups is 1. The third-order valence-corrected chi connectivity index (χ3v) is 3.36. The fourth-order valence-electron chi connectivity index (χ4n) is 1.99. The molecule has 0 spiro atoms. The molecule has 0 rings (SSSR count). The van der Waals surface area contributed by atoms with Crippen LogP contribution in [-0.2, 0) is 9.53 Å². The van der Waals surface area contributed by atoms with Crippen molar-refractivity contribution < 1.29 is 9.53 Å². The standard InChI is InChI=1S/C17H32O2S/c1-16(2,3)11-9-13-17(4,5)12-8-6-7-10-15(18)19-14-20/h9,13,20H,6-8,10-12,14H2,1-5H3. The molecule has 0 aromatic carbocycles. The van der Waals surface area contributed by atoms with Gasteiger partial charge in [-0.2, -0.15) is 0 Å². The van der Waals surface area contributed by atoms with Gasteiger partial charge >= 0.3 is 5.97 Å². The van der Waals surface area contributed by atoms with Gasteiger partial charge in [-0.3, -0.25) is 4.79 Å². The number of hydrogen-bond donors (Lipinski definition) is 1. The number of ether oxygens (including phenoxy) is 1. The fourth-order valence-corrected chi connectivity index (χ4v) is 2.13. The number of allylic oxidation sites excluding steroid dienone is 2. The molecule has 0 aliphatic heterocycles. The molecule has 0 fully saturated rings. The van der Waals surface area contributed by atoms with Gasteiger partial charge in [0.2, 0.25) is 0 Å². The van der Waals surface area contributed by atoms with Crippen molar-refractivity contribution in [2.75, 3.05) is 5.94 Å². The molecule has 0 aliphatic carbocycles. The SMILES string of the molecule is CC(C)(C)CC=CC(C)(C)CCCCCC(=O)OCS. The van der Waals surface area contributed by atoms with Crippen molar-refractivity contribution in [2.45, 2.75) is 73.1 Å². The Balaban J connectivity index is 3.80. The first kappa shape index (κ1) is 19.6. The second-order valence-electron chi connectivity index (χ2n) is 7.36. The van der Waals surface area contributed by atoms with Gasteiger partial charge in [-0.25, -0.2) is 0 Å². The first-order chi connectivity index (χ1) is 9.16. The Morgan fingerprint density at radius 3 is 2.30 bits per heavy atom. The van der Waals surface area contributed by atoms with Crippen LogP contribution < -0.4 is 0 Å². The van der Waals surface area contributed by atoms with E-state index in [1.807, 2.05) is 0 Å². The van der Waals surface area contributed by atoms with E-state index in [0.717, 1.165) is 32.1 Å². The maximum atomic E-state index is 11.2. The van der Waals surface area contributed by atoms with Gasteiger partial charge in [0, 0.05) is 6.42 Å². The predicted octanol–water partition coefficient (Wildman–Crippen LogP) is 5.39. The summed E-state index contributed by atoms with van der Waals surface area (Å²) in [5.74, 6) is 0.0501. The van der Waals surface area contributed by atoms with Crippen LogP contribution in [0.15, 0.2) is 12.2 Å². The molecule has 0 saturated heterocycles. The lowest BCUT2D eigenvalue weighted by Crippen LogP contribution is -2.09. The number of esters is 1. The summed E-state index contributed by atoms with van der Waals surface area (Å²) < 4.78 is 4.79. The van der Waals surface area contributed by atoms with Gasteiger partial charge in [-0.15, -0.1) is 12.6 Å². The normalized spacial score (nSPS) is 12.9.